The van der Waals surface area contributed by atoms with E-state index in [2.05, 4.69) is 39.1 Å². The van der Waals surface area contributed by atoms with Crippen LogP contribution in [0.15, 0.2) is 54.6 Å². The van der Waals surface area contributed by atoms with Crippen molar-refractivity contribution in [1.82, 2.24) is 19.7 Å². The van der Waals surface area contributed by atoms with Crippen molar-refractivity contribution in [2.75, 3.05) is 12.4 Å². The molecule has 4 rings (SSSR count). The first-order valence-corrected chi connectivity index (χ1v) is 9.76. The molecule has 148 valence electrons. The fourth-order valence-electron chi connectivity index (χ4n) is 3.30. The molecule has 2 N–H and O–H groups in total. The molecule has 0 aliphatic carbocycles. The van der Waals surface area contributed by atoms with Gasteiger partial charge in [-0.15, -0.1) is 0 Å². The molecule has 0 saturated heterocycles. The van der Waals surface area contributed by atoms with Gasteiger partial charge in [0, 0.05) is 18.8 Å². The number of hydrogen-bond donors (Lipinski definition) is 2. The van der Waals surface area contributed by atoms with Gasteiger partial charge in [-0.1, -0.05) is 36.7 Å². The van der Waals surface area contributed by atoms with Crippen molar-refractivity contribution in [2.45, 2.75) is 13.3 Å². The van der Waals surface area contributed by atoms with Crippen LogP contribution in [-0.2, 0) is 7.05 Å². The quantitative estimate of drug-likeness (QED) is 0.443. The van der Waals surface area contributed by atoms with Gasteiger partial charge in [-0.25, -0.2) is 4.98 Å². The Bertz CT molecular complexity index is 1190. The highest BCUT2D eigenvalue weighted by Crippen LogP contribution is 2.30. The lowest BCUT2D eigenvalue weighted by molar-refractivity contribution is 0.415. The molecule has 4 aromatic rings. The van der Waals surface area contributed by atoms with Crippen LogP contribution < -0.4 is 10.1 Å². The number of fused-ring (bicyclic) bond motifs is 1. The lowest BCUT2D eigenvalue weighted by Crippen LogP contribution is -2.00. The summed E-state index contributed by atoms with van der Waals surface area (Å²) in [7, 11) is 3.61. The number of aryl methyl sites for hydroxylation is 1. The molecule has 0 atom stereocenters. The van der Waals surface area contributed by atoms with E-state index in [9.17, 15) is 0 Å². The minimum atomic E-state index is 0.566. The molecule has 0 amide bonds. The van der Waals surface area contributed by atoms with Gasteiger partial charge in [0.05, 0.1) is 23.2 Å². The maximum atomic E-state index is 6.30. The van der Waals surface area contributed by atoms with Gasteiger partial charge in [0.1, 0.15) is 11.4 Å². The van der Waals surface area contributed by atoms with Gasteiger partial charge in [0.2, 0.25) is 0 Å². The number of rotatable bonds is 6. The van der Waals surface area contributed by atoms with Crippen molar-refractivity contribution >= 4 is 34.1 Å². The minimum Gasteiger partial charge on any atom is -0.495 e. The molecule has 2 aromatic carbocycles. The first-order valence-electron chi connectivity index (χ1n) is 9.39. The van der Waals surface area contributed by atoms with Crippen LogP contribution in [0, 0.1) is 0 Å². The number of nitrogens with zero attached hydrogens (tertiary/aromatic N) is 3. The normalized spacial score (nSPS) is 11.8. The molecule has 0 fully saturated rings. The molecule has 7 heteroatoms. The topological polar surface area (TPSA) is 67.8 Å². The summed E-state index contributed by atoms with van der Waals surface area (Å²) >= 11 is 6.30. The van der Waals surface area contributed by atoms with Crippen LogP contribution >= 0.6 is 11.6 Å². The van der Waals surface area contributed by atoms with Crippen molar-refractivity contribution < 1.29 is 4.74 Å². The summed E-state index contributed by atoms with van der Waals surface area (Å²) in [6.45, 7) is 2.09. The third-order valence-corrected chi connectivity index (χ3v) is 5.04. The number of aromatic nitrogens is 4. The number of ether oxygens (including phenoxy) is 1. The molecule has 0 unspecified atom stereocenters. The highest BCUT2D eigenvalue weighted by Gasteiger charge is 2.13. The van der Waals surface area contributed by atoms with E-state index in [1.807, 2.05) is 49.5 Å². The average molecular weight is 408 g/mol. The number of hydrogen-bond acceptors (Lipinski definition) is 4. The number of H-pyrrole nitrogens is 1. The van der Waals surface area contributed by atoms with E-state index in [4.69, 9.17) is 21.3 Å². The summed E-state index contributed by atoms with van der Waals surface area (Å²) in [6.07, 6.45) is 2.97. The zero-order chi connectivity index (χ0) is 20.4. The first kappa shape index (κ1) is 19.1. The van der Waals surface area contributed by atoms with Gasteiger partial charge in [-0.2, -0.15) is 5.10 Å². The number of halogens is 1. The van der Waals surface area contributed by atoms with Crippen molar-refractivity contribution in [2.24, 2.45) is 7.05 Å². The van der Waals surface area contributed by atoms with E-state index < -0.39 is 0 Å². The Labute approximate surface area is 174 Å². The van der Waals surface area contributed by atoms with Gasteiger partial charge in [0.15, 0.2) is 11.6 Å². The van der Waals surface area contributed by atoms with E-state index >= 15 is 0 Å². The predicted octanol–water partition coefficient (Wildman–Crippen LogP) is 5.49. The van der Waals surface area contributed by atoms with Crippen LogP contribution in [0.4, 0.5) is 5.82 Å². The van der Waals surface area contributed by atoms with E-state index in [0.717, 1.165) is 40.2 Å². The van der Waals surface area contributed by atoms with Gasteiger partial charge < -0.3 is 14.6 Å². The number of aromatic amines is 1. The summed E-state index contributed by atoms with van der Waals surface area (Å²) < 4.78 is 7.30. The Morgan fingerprint density at radius 3 is 2.79 bits per heavy atom. The molecule has 0 spiro atoms. The molecule has 2 heterocycles. The van der Waals surface area contributed by atoms with Crippen LogP contribution in [0.25, 0.3) is 28.2 Å². The lowest BCUT2D eigenvalue weighted by Gasteiger charge is -2.11. The molecule has 0 bridgehead atoms. The van der Waals surface area contributed by atoms with Gasteiger partial charge >= 0.3 is 0 Å². The molecular formula is C22H22ClN5O. The molecule has 0 aliphatic rings. The standard InChI is InChI=1S/C22H22ClN5O/c1-4-7-16(14-10-11-20(29-3)15(23)12-14)24-21-13-18(26-27-21)22-25-17-8-5-6-9-19(17)28(22)2/h5-13H,4H2,1-3H3,(H2,24,26,27)/b16-7+. The number of methoxy groups -OCH3 is 1. The molecule has 0 aliphatic heterocycles. The maximum Gasteiger partial charge on any atom is 0.159 e. The summed E-state index contributed by atoms with van der Waals surface area (Å²) in [4.78, 5) is 4.72. The number of para-hydroxylation sites is 2. The second kappa shape index (κ2) is 8.01. The fraction of sp³-hybridized carbons (Fsp3) is 0.182. The molecule has 0 radical (unpaired) electrons. The predicted molar refractivity (Wildman–Crippen MR) is 118 cm³/mol. The molecule has 2 aromatic heterocycles. The number of allylic oxidation sites excluding steroid dienone is 1. The minimum absolute atomic E-state index is 0.566. The smallest absolute Gasteiger partial charge is 0.159 e. The van der Waals surface area contributed by atoms with E-state index in [0.29, 0.717) is 16.6 Å². The van der Waals surface area contributed by atoms with Crippen LogP contribution in [0.5, 0.6) is 5.75 Å². The third kappa shape index (κ3) is 3.71. The lowest BCUT2D eigenvalue weighted by atomic mass is 10.1. The average Bonchev–Trinajstić information content (AvgIpc) is 3.32. The third-order valence-electron chi connectivity index (χ3n) is 4.74. The summed E-state index contributed by atoms with van der Waals surface area (Å²) in [5, 5.41) is 11.5. The summed E-state index contributed by atoms with van der Waals surface area (Å²) in [6, 6.07) is 15.7. The largest absolute Gasteiger partial charge is 0.495 e. The Morgan fingerprint density at radius 1 is 1.24 bits per heavy atom. The van der Waals surface area contributed by atoms with Gasteiger partial charge in [0.25, 0.3) is 0 Å². The van der Waals surface area contributed by atoms with Crippen LogP contribution in [0.3, 0.4) is 0 Å². The second-order valence-corrected chi connectivity index (χ2v) is 7.06. The van der Waals surface area contributed by atoms with Crippen molar-refractivity contribution in [1.29, 1.82) is 0 Å². The molecule has 0 saturated carbocycles. The zero-order valence-electron chi connectivity index (χ0n) is 16.5. The van der Waals surface area contributed by atoms with E-state index in [1.165, 1.54) is 0 Å². The number of nitrogens with one attached hydrogen (secondary N) is 2. The van der Waals surface area contributed by atoms with Crippen molar-refractivity contribution in [3.63, 3.8) is 0 Å². The van der Waals surface area contributed by atoms with Crippen LogP contribution in [0.2, 0.25) is 5.02 Å². The summed E-state index contributed by atoms with van der Waals surface area (Å²) in [5.41, 5.74) is 4.76. The van der Waals surface area contributed by atoms with Gasteiger partial charge in [-0.05, 0) is 42.3 Å². The molecule has 29 heavy (non-hydrogen) atoms. The highest BCUT2D eigenvalue weighted by molar-refractivity contribution is 6.32. The van der Waals surface area contributed by atoms with E-state index in [-0.39, 0.29) is 0 Å². The Kier molecular flexibility index (Phi) is 5.27. The first-order chi connectivity index (χ1) is 14.1. The van der Waals surface area contributed by atoms with E-state index in [1.54, 1.807) is 7.11 Å². The molecule has 6 nitrogen and oxygen atoms in total. The van der Waals surface area contributed by atoms with Crippen LogP contribution in [-0.4, -0.2) is 26.9 Å². The fourth-order valence-corrected chi connectivity index (χ4v) is 3.56. The van der Waals surface area contributed by atoms with Crippen molar-refractivity contribution in [3.8, 4) is 17.3 Å². The highest BCUT2D eigenvalue weighted by atomic mass is 35.5. The number of anilines is 1. The Morgan fingerprint density at radius 2 is 2.07 bits per heavy atom. The monoisotopic (exact) mass is 407 g/mol. The Hall–Kier alpha value is -3.25. The SMILES string of the molecule is CC/C=C(/Nc1cc(-c2nc3ccccc3n2C)[nH]n1)c1ccc(OC)c(Cl)c1. The number of benzene rings is 2. The van der Waals surface area contributed by atoms with Crippen molar-refractivity contribution in [3.05, 3.63) is 65.2 Å². The second-order valence-electron chi connectivity index (χ2n) is 6.65. The zero-order valence-corrected chi connectivity index (χ0v) is 17.3. The summed E-state index contributed by atoms with van der Waals surface area (Å²) in [5.74, 6) is 2.19. The maximum absolute atomic E-state index is 6.30. The van der Waals surface area contributed by atoms with Crippen LogP contribution in [0.1, 0.15) is 18.9 Å². The van der Waals surface area contributed by atoms with Gasteiger partial charge in [-0.3, -0.25) is 5.10 Å². The molecular weight excluding hydrogens is 386 g/mol. The Balaban J connectivity index is 1.63. The number of imidazole rings is 1.